The van der Waals surface area contributed by atoms with E-state index in [1.807, 2.05) is 76.0 Å². The Bertz CT molecular complexity index is 1220. The molecule has 0 fully saturated rings. The molecule has 3 aromatic carbocycles. The van der Waals surface area contributed by atoms with E-state index in [0.29, 0.717) is 16.5 Å². The molecule has 0 aliphatic rings. The zero-order valence-electron chi connectivity index (χ0n) is 17.4. The first-order valence-electron chi connectivity index (χ1n) is 9.88. The first kappa shape index (κ1) is 21.3. The molecule has 0 unspecified atom stereocenters. The number of aromatic nitrogens is 3. The molecule has 0 amide bonds. The quantitative estimate of drug-likeness (QED) is 0.332. The number of benzene rings is 3. The Morgan fingerprint density at radius 3 is 2.35 bits per heavy atom. The largest absolute Gasteiger partial charge is 0.496 e. The number of halogens is 1. The average Bonchev–Trinajstić information content (AvgIpc) is 3.10. The zero-order chi connectivity index (χ0) is 21.8. The molecule has 158 valence electrons. The third-order valence-corrected chi connectivity index (χ3v) is 5.59. The average molecular weight is 451 g/mol. The lowest BCUT2D eigenvalue weighted by atomic mass is 10.2. The Morgan fingerprint density at radius 2 is 1.65 bits per heavy atom. The first-order chi connectivity index (χ1) is 15.1. The Labute approximate surface area is 192 Å². The Balaban J connectivity index is 1.77. The van der Waals surface area contributed by atoms with Crippen molar-refractivity contribution in [2.45, 2.75) is 13.2 Å². The minimum absolute atomic E-state index is 0.552. The number of hydrogen-bond donors (Lipinski definition) is 0. The van der Waals surface area contributed by atoms with Crippen LogP contribution in [0.4, 0.5) is 0 Å². The van der Waals surface area contributed by atoms with Crippen molar-refractivity contribution in [2.75, 3.05) is 14.2 Å². The highest BCUT2D eigenvalue weighted by Crippen LogP contribution is 2.31. The molecule has 31 heavy (non-hydrogen) atoms. The van der Waals surface area contributed by atoms with Crippen molar-refractivity contribution in [3.8, 4) is 22.8 Å². The van der Waals surface area contributed by atoms with E-state index >= 15 is 0 Å². The standard InChI is InChI=1S/C24H23ClN4OS/c1-27(16-18-8-4-3-5-9-18)17-28-24(31)29(20-14-12-19(25)13-15-20)23(26-28)21-10-6-7-11-22(21)30-2/h3-15H,16-17H2,1-2H3. The molecule has 0 saturated carbocycles. The van der Waals surface area contributed by atoms with Gasteiger partial charge in [0.25, 0.3) is 0 Å². The molecule has 0 atom stereocenters. The van der Waals surface area contributed by atoms with Crippen LogP contribution in [0.1, 0.15) is 5.56 Å². The van der Waals surface area contributed by atoms with Crippen molar-refractivity contribution in [3.63, 3.8) is 0 Å². The summed E-state index contributed by atoms with van der Waals surface area (Å²) in [6.07, 6.45) is 0. The van der Waals surface area contributed by atoms with Gasteiger partial charge < -0.3 is 4.74 Å². The normalized spacial score (nSPS) is 11.1. The maximum absolute atomic E-state index is 6.11. The van der Waals surface area contributed by atoms with E-state index in [0.717, 1.165) is 29.4 Å². The number of methoxy groups -OCH3 is 1. The lowest BCUT2D eigenvalue weighted by molar-refractivity contribution is 0.244. The van der Waals surface area contributed by atoms with Crippen molar-refractivity contribution in [1.82, 2.24) is 19.2 Å². The summed E-state index contributed by atoms with van der Waals surface area (Å²) in [6.45, 7) is 1.34. The number of ether oxygens (including phenoxy) is 1. The van der Waals surface area contributed by atoms with Gasteiger partial charge in [-0.1, -0.05) is 54.1 Å². The van der Waals surface area contributed by atoms with Gasteiger partial charge in [0.05, 0.1) is 25.0 Å². The fraction of sp³-hybridized carbons (Fsp3) is 0.167. The van der Waals surface area contributed by atoms with Crippen LogP contribution in [-0.2, 0) is 13.2 Å². The first-order valence-corrected chi connectivity index (χ1v) is 10.7. The molecule has 0 N–H and O–H groups in total. The molecule has 0 radical (unpaired) electrons. The van der Waals surface area contributed by atoms with Crippen molar-refractivity contribution in [3.05, 3.63) is 94.2 Å². The summed E-state index contributed by atoms with van der Waals surface area (Å²) < 4.78 is 9.99. The van der Waals surface area contributed by atoms with Gasteiger partial charge in [-0.2, -0.15) is 0 Å². The van der Waals surface area contributed by atoms with Crippen molar-refractivity contribution in [2.24, 2.45) is 0 Å². The number of nitrogens with zero attached hydrogens (tertiary/aromatic N) is 4. The van der Waals surface area contributed by atoms with Crippen molar-refractivity contribution in [1.29, 1.82) is 0 Å². The van der Waals surface area contributed by atoms with Crippen LogP contribution >= 0.6 is 23.8 Å². The van der Waals surface area contributed by atoms with Gasteiger partial charge in [0.15, 0.2) is 5.82 Å². The molecule has 1 aromatic heterocycles. The highest BCUT2D eigenvalue weighted by Gasteiger charge is 2.18. The number of hydrogen-bond acceptors (Lipinski definition) is 4. The van der Waals surface area contributed by atoms with Crippen LogP contribution in [0.2, 0.25) is 5.02 Å². The van der Waals surface area contributed by atoms with E-state index < -0.39 is 0 Å². The van der Waals surface area contributed by atoms with Gasteiger partial charge in [-0.15, -0.1) is 5.10 Å². The van der Waals surface area contributed by atoms with Gasteiger partial charge in [-0.3, -0.25) is 9.47 Å². The van der Waals surface area contributed by atoms with E-state index in [2.05, 4.69) is 24.1 Å². The smallest absolute Gasteiger partial charge is 0.204 e. The SMILES string of the molecule is COc1ccccc1-c1nn(CN(C)Cc2ccccc2)c(=S)n1-c1ccc(Cl)cc1. The summed E-state index contributed by atoms with van der Waals surface area (Å²) in [6, 6.07) is 25.7. The Kier molecular flexibility index (Phi) is 6.51. The van der Waals surface area contributed by atoms with Gasteiger partial charge in [-0.05, 0) is 61.2 Å². The molecule has 0 bridgehead atoms. The second-order valence-electron chi connectivity index (χ2n) is 7.26. The third kappa shape index (κ3) is 4.71. The Hall–Kier alpha value is -2.93. The second-order valence-corrected chi connectivity index (χ2v) is 8.06. The zero-order valence-corrected chi connectivity index (χ0v) is 19.0. The highest BCUT2D eigenvalue weighted by atomic mass is 35.5. The van der Waals surface area contributed by atoms with Crippen molar-refractivity contribution >= 4 is 23.8 Å². The molecule has 7 heteroatoms. The maximum atomic E-state index is 6.11. The minimum atomic E-state index is 0.552. The van der Waals surface area contributed by atoms with Gasteiger partial charge in [0, 0.05) is 11.6 Å². The van der Waals surface area contributed by atoms with Crippen LogP contribution in [0.15, 0.2) is 78.9 Å². The van der Waals surface area contributed by atoms with Gasteiger partial charge in [0.2, 0.25) is 4.77 Å². The summed E-state index contributed by atoms with van der Waals surface area (Å²) in [5, 5.41) is 5.56. The van der Waals surface area contributed by atoms with E-state index in [-0.39, 0.29) is 0 Å². The summed E-state index contributed by atoms with van der Waals surface area (Å²) in [7, 11) is 3.71. The summed E-state index contributed by atoms with van der Waals surface area (Å²) >= 11 is 12.0. The molecule has 1 heterocycles. The van der Waals surface area contributed by atoms with Crippen LogP contribution in [-0.4, -0.2) is 33.4 Å². The molecule has 4 aromatic rings. The summed E-state index contributed by atoms with van der Waals surface area (Å²) in [4.78, 5) is 2.18. The summed E-state index contributed by atoms with van der Waals surface area (Å²) in [5.41, 5.74) is 3.00. The van der Waals surface area contributed by atoms with Gasteiger partial charge in [-0.25, -0.2) is 4.68 Å². The molecule has 5 nitrogen and oxygen atoms in total. The fourth-order valence-electron chi connectivity index (χ4n) is 3.50. The summed E-state index contributed by atoms with van der Waals surface area (Å²) in [5.74, 6) is 1.46. The predicted molar refractivity (Wildman–Crippen MR) is 127 cm³/mol. The number of para-hydroxylation sites is 1. The van der Waals surface area contributed by atoms with E-state index in [1.165, 1.54) is 5.56 Å². The monoisotopic (exact) mass is 450 g/mol. The van der Waals surface area contributed by atoms with Crippen molar-refractivity contribution < 1.29 is 4.74 Å². The van der Waals surface area contributed by atoms with E-state index in [4.69, 9.17) is 33.7 Å². The van der Waals surface area contributed by atoms with E-state index in [9.17, 15) is 0 Å². The second kappa shape index (κ2) is 9.47. The molecule has 4 rings (SSSR count). The van der Waals surface area contributed by atoms with Crippen LogP contribution in [0.25, 0.3) is 17.1 Å². The molecule has 0 aliphatic carbocycles. The topological polar surface area (TPSA) is 35.2 Å². The fourth-order valence-corrected chi connectivity index (χ4v) is 3.92. The molecular weight excluding hydrogens is 428 g/mol. The predicted octanol–water partition coefficient (Wildman–Crippen LogP) is 5.82. The molecule has 0 saturated heterocycles. The minimum Gasteiger partial charge on any atom is -0.496 e. The van der Waals surface area contributed by atoms with Crippen LogP contribution in [0, 0.1) is 4.77 Å². The lowest BCUT2D eigenvalue weighted by Gasteiger charge is -2.16. The molecule has 0 spiro atoms. The third-order valence-electron chi connectivity index (χ3n) is 4.94. The van der Waals surface area contributed by atoms with Gasteiger partial charge >= 0.3 is 0 Å². The van der Waals surface area contributed by atoms with Crippen LogP contribution in [0.3, 0.4) is 0 Å². The lowest BCUT2D eigenvalue weighted by Crippen LogP contribution is -2.22. The molecule has 0 aliphatic heterocycles. The maximum Gasteiger partial charge on any atom is 0.204 e. The van der Waals surface area contributed by atoms with Gasteiger partial charge in [0.1, 0.15) is 5.75 Å². The number of rotatable bonds is 7. The molecular formula is C24H23ClN4OS. The Morgan fingerprint density at radius 1 is 0.968 bits per heavy atom. The highest BCUT2D eigenvalue weighted by molar-refractivity contribution is 7.71. The van der Waals surface area contributed by atoms with Crippen LogP contribution in [0.5, 0.6) is 5.75 Å². The van der Waals surface area contributed by atoms with E-state index in [1.54, 1.807) is 7.11 Å². The van der Waals surface area contributed by atoms with Crippen LogP contribution < -0.4 is 4.74 Å².